The number of urea groups is 1. The standard InChI is InChI=1S/C24H32ClN5O2/c1-32-20-6-7-22(27-14-20)21-16-30(15-17-8-11-26-12-9-17)13-10-23(21)29-24(31)28-19-4-2-18(25)3-5-19/h2-7,14,17,21,23,26H,8-13,15-16H2,1H3,(H2,28,29,31)/t21-,23+/m0/s1. The number of carbonyl (C=O) groups excluding carboxylic acids is 1. The number of likely N-dealkylation sites (tertiary alicyclic amines) is 1. The Labute approximate surface area is 194 Å². The summed E-state index contributed by atoms with van der Waals surface area (Å²) in [5, 5.41) is 10.2. The molecule has 7 nitrogen and oxygen atoms in total. The van der Waals surface area contributed by atoms with Crippen LogP contribution in [0.25, 0.3) is 0 Å². The maximum absolute atomic E-state index is 12.7. The lowest BCUT2D eigenvalue weighted by molar-refractivity contribution is 0.142. The first-order chi connectivity index (χ1) is 15.6. The fourth-order valence-electron chi connectivity index (χ4n) is 4.69. The number of pyridine rings is 1. The van der Waals surface area contributed by atoms with Gasteiger partial charge in [-0.25, -0.2) is 4.79 Å². The highest BCUT2D eigenvalue weighted by molar-refractivity contribution is 6.30. The van der Waals surface area contributed by atoms with Crippen LogP contribution < -0.4 is 20.7 Å². The average molecular weight is 458 g/mol. The van der Waals surface area contributed by atoms with Gasteiger partial charge in [0.15, 0.2) is 0 Å². The zero-order chi connectivity index (χ0) is 22.3. The third-order valence-electron chi connectivity index (χ3n) is 6.47. The van der Waals surface area contributed by atoms with Gasteiger partial charge in [0.1, 0.15) is 5.75 Å². The fraction of sp³-hybridized carbons (Fsp3) is 0.500. The molecule has 3 heterocycles. The minimum absolute atomic E-state index is 0.00691. The van der Waals surface area contributed by atoms with E-state index >= 15 is 0 Å². The van der Waals surface area contributed by atoms with Crippen LogP contribution in [0.2, 0.25) is 5.02 Å². The number of halogens is 1. The topological polar surface area (TPSA) is 78.5 Å². The number of amides is 2. The van der Waals surface area contributed by atoms with E-state index in [4.69, 9.17) is 16.3 Å². The van der Waals surface area contributed by atoms with Crippen LogP contribution in [0.5, 0.6) is 5.75 Å². The molecule has 2 fully saturated rings. The predicted octanol–water partition coefficient (Wildman–Crippen LogP) is 3.72. The van der Waals surface area contributed by atoms with Crippen molar-refractivity contribution in [2.24, 2.45) is 5.92 Å². The molecule has 2 amide bonds. The molecular formula is C24H32ClN5O2. The number of nitrogens with zero attached hydrogens (tertiary/aromatic N) is 2. The van der Waals surface area contributed by atoms with E-state index in [1.807, 2.05) is 12.1 Å². The molecule has 0 saturated carbocycles. The molecule has 3 N–H and O–H groups in total. The van der Waals surface area contributed by atoms with Gasteiger partial charge in [-0.15, -0.1) is 0 Å². The van der Waals surface area contributed by atoms with Gasteiger partial charge >= 0.3 is 6.03 Å². The summed E-state index contributed by atoms with van der Waals surface area (Å²) in [6.45, 7) is 5.18. The van der Waals surface area contributed by atoms with Crippen molar-refractivity contribution >= 4 is 23.3 Å². The zero-order valence-electron chi connectivity index (χ0n) is 18.5. The first kappa shape index (κ1) is 22.8. The molecule has 2 aliphatic rings. The molecule has 32 heavy (non-hydrogen) atoms. The van der Waals surface area contributed by atoms with E-state index in [0.717, 1.165) is 62.2 Å². The Bertz CT molecular complexity index is 871. The van der Waals surface area contributed by atoms with Crippen molar-refractivity contribution in [2.75, 3.05) is 45.2 Å². The van der Waals surface area contributed by atoms with Gasteiger partial charge in [-0.1, -0.05) is 11.6 Å². The van der Waals surface area contributed by atoms with Crippen LogP contribution in [0.15, 0.2) is 42.6 Å². The van der Waals surface area contributed by atoms with Crippen molar-refractivity contribution in [3.63, 3.8) is 0 Å². The Balaban J connectivity index is 1.43. The number of nitrogens with one attached hydrogen (secondary N) is 3. The number of aromatic nitrogens is 1. The third-order valence-corrected chi connectivity index (χ3v) is 6.72. The van der Waals surface area contributed by atoms with Crippen molar-refractivity contribution in [1.29, 1.82) is 0 Å². The van der Waals surface area contributed by atoms with Gasteiger partial charge in [-0.05, 0) is 74.7 Å². The summed E-state index contributed by atoms with van der Waals surface area (Å²) in [4.78, 5) is 19.9. The molecule has 2 saturated heterocycles. The second-order valence-corrected chi connectivity index (χ2v) is 9.12. The lowest BCUT2D eigenvalue weighted by Crippen LogP contribution is -2.52. The first-order valence-corrected chi connectivity index (χ1v) is 11.7. The Morgan fingerprint density at radius 3 is 2.66 bits per heavy atom. The predicted molar refractivity (Wildman–Crippen MR) is 128 cm³/mol. The Kier molecular flexibility index (Phi) is 7.84. The second-order valence-electron chi connectivity index (χ2n) is 8.68. The normalized spacial score (nSPS) is 22.3. The van der Waals surface area contributed by atoms with E-state index in [1.54, 1.807) is 37.6 Å². The van der Waals surface area contributed by atoms with Crippen molar-refractivity contribution in [3.05, 3.63) is 53.3 Å². The van der Waals surface area contributed by atoms with Crippen LogP contribution in [-0.2, 0) is 0 Å². The lowest BCUT2D eigenvalue weighted by Gasteiger charge is -2.40. The largest absolute Gasteiger partial charge is 0.495 e. The van der Waals surface area contributed by atoms with Crippen LogP contribution in [0, 0.1) is 5.92 Å². The van der Waals surface area contributed by atoms with E-state index < -0.39 is 0 Å². The van der Waals surface area contributed by atoms with E-state index in [-0.39, 0.29) is 18.0 Å². The van der Waals surface area contributed by atoms with Crippen LogP contribution in [0.4, 0.5) is 10.5 Å². The summed E-state index contributed by atoms with van der Waals surface area (Å²) in [6.07, 6.45) is 5.10. The van der Waals surface area contributed by atoms with Gasteiger partial charge in [-0.3, -0.25) is 4.98 Å². The molecule has 2 atom stereocenters. The van der Waals surface area contributed by atoms with Gasteiger partial charge in [0.25, 0.3) is 0 Å². The lowest BCUT2D eigenvalue weighted by atomic mass is 9.87. The van der Waals surface area contributed by atoms with Gasteiger partial charge in [0, 0.05) is 48.0 Å². The first-order valence-electron chi connectivity index (χ1n) is 11.4. The minimum Gasteiger partial charge on any atom is -0.495 e. The molecule has 2 aliphatic heterocycles. The van der Waals surface area contributed by atoms with Crippen LogP contribution >= 0.6 is 11.6 Å². The number of hydrogen-bond acceptors (Lipinski definition) is 5. The van der Waals surface area contributed by atoms with E-state index in [1.165, 1.54) is 12.8 Å². The monoisotopic (exact) mass is 457 g/mol. The fourth-order valence-corrected chi connectivity index (χ4v) is 4.81. The molecule has 1 aromatic carbocycles. The number of methoxy groups -OCH3 is 1. The number of carbonyl (C=O) groups is 1. The molecule has 0 spiro atoms. The second kappa shape index (κ2) is 11.0. The summed E-state index contributed by atoms with van der Waals surface area (Å²) in [6, 6.07) is 10.9. The van der Waals surface area contributed by atoms with Gasteiger partial charge in [0.05, 0.1) is 13.3 Å². The molecule has 172 valence electrons. The van der Waals surface area contributed by atoms with Gasteiger partial charge < -0.3 is 25.6 Å². The summed E-state index contributed by atoms with van der Waals surface area (Å²) in [7, 11) is 1.64. The number of anilines is 1. The molecule has 0 aliphatic carbocycles. The van der Waals surface area contributed by atoms with Crippen LogP contribution in [0.1, 0.15) is 30.9 Å². The molecule has 0 bridgehead atoms. The maximum atomic E-state index is 12.7. The Hall–Kier alpha value is -2.35. The molecule has 4 rings (SSSR count). The Morgan fingerprint density at radius 1 is 1.19 bits per heavy atom. The molecule has 2 aromatic rings. The number of piperidine rings is 2. The van der Waals surface area contributed by atoms with E-state index in [0.29, 0.717) is 5.02 Å². The number of hydrogen-bond donors (Lipinski definition) is 3. The summed E-state index contributed by atoms with van der Waals surface area (Å²) in [5.74, 6) is 1.59. The summed E-state index contributed by atoms with van der Waals surface area (Å²) >= 11 is 5.94. The molecule has 0 unspecified atom stereocenters. The number of rotatable bonds is 6. The third kappa shape index (κ3) is 6.12. The van der Waals surface area contributed by atoms with E-state index in [2.05, 4.69) is 25.8 Å². The van der Waals surface area contributed by atoms with Gasteiger partial charge in [-0.2, -0.15) is 0 Å². The van der Waals surface area contributed by atoms with Crippen molar-refractivity contribution in [1.82, 2.24) is 20.5 Å². The number of benzene rings is 1. The van der Waals surface area contributed by atoms with Crippen LogP contribution in [-0.4, -0.2) is 61.8 Å². The highest BCUT2D eigenvalue weighted by Gasteiger charge is 2.33. The molecular weight excluding hydrogens is 426 g/mol. The minimum atomic E-state index is -0.206. The molecule has 0 radical (unpaired) electrons. The number of ether oxygens (including phenoxy) is 1. The summed E-state index contributed by atoms with van der Waals surface area (Å²) < 4.78 is 5.28. The SMILES string of the molecule is COc1ccc([C@@H]2CN(CC3CCNCC3)CC[C@H]2NC(=O)Nc2ccc(Cl)cc2)nc1. The summed E-state index contributed by atoms with van der Waals surface area (Å²) in [5.41, 5.74) is 1.70. The van der Waals surface area contributed by atoms with Gasteiger partial charge in [0.2, 0.25) is 0 Å². The molecule has 1 aromatic heterocycles. The smallest absolute Gasteiger partial charge is 0.319 e. The molecule has 8 heteroatoms. The zero-order valence-corrected chi connectivity index (χ0v) is 19.3. The van der Waals surface area contributed by atoms with E-state index in [9.17, 15) is 4.79 Å². The Morgan fingerprint density at radius 2 is 1.97 bits per heavy atom. The average Bonchev–Trinajstić information content (AvgIpc) is 2.82. The van der Waals surface area contributed by atoms with Crippen molar-refractivity contribution < 1.29 is 9.53 Å². The van der Waals surface area contributed by atoms with Crippen molar-refractivity contribution in [2.45, 2.75) is 31.2 Å². The quantitative estimate of drug-likeness (QED) is 0.616. The van der Waals surface area contributed by atoms with Crippen molar-refractivity contribution in [3.8, 4) is 5.75 Å². The highest BCUT2D eigenvalue weighted by Crippen LogP contribution is 2.29. The van der Waals surface area contributed by atoms with Crippen LogP contribution in [0.3, 0.4) is 0 Å². The maximum Gasteiger partial charge on any atom is 0.319 e. The highest BCUT2D eigenvalue weighted by atomic mass is 35.5.